The molecule has 0 amide bonds. The van der Waals surface area contributed by atoms with Crippen molar-refractivity contribution in [1.29, 1.82) is 0 Å². The molecule has 106 valence electrons. The lowest BCUT2D eigenvalue weighted by molar-refractivity contribution is 0.353. The van der Waals surface area contributed by atoms with E-state index in [-0.39, 0.29) is 0 Å². The summed E-state index contributed by atoms with van der Waals surface area (Å²) < 4.78 is 10.7. The third-order valence-corrected chi connectivity index (χ3v) is 3.82. The lowest BCUT2D eigenvalue weighted by Gasteiger charge is -2.19. The summed E-state index contributed by atoms with van der Waals surface area (Å²) >= 11 is 0. The third kappa shape index (κ3) is 3.87. The van der Waals surface area contributed by atoms with Gasteiger partial charge in [-0.25, -0.2) is 0 Å². The second kappa shape index (κ2) is 6.80. The first-order valence-electron chi connectivity index (χ1n) is 7.23. The van der Waals surface area contributed by atoms with Crippen molar-refractivity contribution >= 4 is 0 Å². The number of benzene rings is 1. The van der Waals surface area contributed by atoms with E-state index < -0.39 is 0 Å². The maximum absolute atomic E-state index is 5.39. The van der Waals surface area contributed by atoms with E-state index in [1.807, 2.05) is 6.07 Å². The SMILES string of the molecule is CCNC(CCC1CC1)c1ccc(OC)c(OC)c1. The van der Waals surface area contributed by atoms with Gasteiger partial charge in [0.25, 0.3) is 0 Å². The monoisotopic (exact) mass is 263 g/mol. The Labute approximate surface area is 116 Å². The number of methoxy groups -OCH3 is 2. The van der Waals surface area contributed by atoms with Crippen LogP contribution in [-0.4, -0.2) is 20.8 Å². The average Bonchev–Trinajstić information content (AvgIpc) is 3.26. The Morgan fingerprint density at radius 1 is 1.21 bits per heavy atom. The lowest BCUT2D eigenvalue weighted by atomic mass is 10.00. The molecule has 0 radical (unpaired) electrons. The molecule has 0 spiro atoms. The van der Waals surface area contributed by atoms with E-state index in [9.17, 15) is 0 Å². The van der Waals surface area contributed by atoms with Crippen LogP contribution in [0.4, 0.5) is 0 Å². The van der Waals surface area contributed by atoms with Gasteiger partial charge >= 0.3 is 0 Å². The first kappa shape index (κ1) is 14.2. The Bertz CT molecular complexity index is 402. The predicted molar refractivity (Wildman–Crippen MR) is 77.9 cm³/mol. The Kier molecular flexibility index (Phi) is 5.08. The topological polar surface area (TPSA) is 30.5 Å². The normalized spacial score (nSPS) is 16.2. The summed E-state index contributed by atoms with van der Waals surface area (Å²) in [4.78, 5) is 0. The summed E-state index contributed by atoms with van der Waals surface area (Å²) in [6, 6.07) is 6.65. The number of rotatable bonds is 8. The highest BCUT2D eigenvalue weighted by molar-refractivity contribution is 5.43. The van der Waals surface area contributed by atoms with Crippen LogP contribution in [0.5, 0.6) is 11.5 Å². The fourth-order valence-electron chi connectivity index (χ4n) is 2.51. The summed E-state index contributed by atoms with van der Waals surface area (Å²) in [5.41, 5.74) is 1.29. The highest BCUT2D eigenvalue weighted by Gasteiger charge is 2.23. The van der Waals surface area contributed by atoms with Crippen molar-refractivity contribution in [1.82, 2.24) is 5.32 Å². The molecule has 1 aromatic carbocycles. The fourth-order valence-corrected chi connectivity index (χ4v) is 2.51. The molecule has 19 heavy (non-hydrogen) atoms. The summed E-state index contributed by atoms with van der Waals surface area (Å²) in [6.45, 7) is 3.15. The van der Waals surface area contributed by atoms with Crippen LogP contribution in [0.2, 0.25) is 0 Å². The van der Waals surface area contributed by atoms with Gasteiger partial charge in [0.15, 0.2) is 11.5 Å². The van der Waals surface area contributed by atoms with Gasteiger partial charge in [-0.05, 0) is 43.0 Å². The van der Waals surface area contributed by atoms with E-state index in [1.54, 1.807) is 14.2 Å². The standard InChI is InChI=1S/C16H25NO2/c1-4-17-14(9-7-12-5-6-12)13-8-10-15(18-2)16(11-13)19-3/h8,10-12,14,17H,4-7,9H2,1-3H3. The highest BCUT2D eigenvalue weighted by atomic mass is 16.5. The van der Waals surface area contributed by atoms with Gasteiger partial charge in [-0.2, -0.15) is 0 Å². The van der Waals surface area contributed by atoms with Crippen molar-refractivity contribution in [3.63, 3.8) is 0 Å². The van der Waals surface area contributed by atoms with Gasteiger partial charge in [-0.1, -0.05) is 25.8 Å². The van der Waals surface area contributed by atoms with Crippen LogP contribution in [0.15, 0.2) is 18.2 Å². The molecule has 0 aliphatic heterocycles. The summed E-state index contributed by atoms with van der Waals surface area (Å²) in [5, 5.41) is 3.57. The summed E-state index contributed by atoms with van der Waals surface area (Å²) in [6.07, 6.45) is 5.37. The van der Waals surface area contributed by atoms with Crippen LogP contribution in [0, 0.1) is 5.92 Å². The molecule has 0 aromatic heterocycles. The predicted octanol–water partition coefficient (Wildman–Crippen LogP) is 3.54. The van der Waals surface area contributed by atoms with E-state index >= 15 is 0 Å². The second-order valence-electron chi connectivity index (χ2n) is 5.25. The molecule has 3 nitrogen and oxygen atoms in total. The van der Waals surface area contributed by atoms with Gasteiger partial charge in [-0.3, -0.25) is 0 Å². The van der Waals surface area contributed by atoms with Gasteiger partial charge < -0.3 is 14.8 Å². The zero-order valence-electron chi connectivity index (χ0n) is 12.2. The fraction of sp³-hybridized carbons (Fsp3) is 0.625. The Hall–Kier alpha value is -1.22. The second-order valence-corrected chi connectivity index (χ2v) is 5.25. The molecular weight excluding hydrogens is 238 g/mol. The molecule has 1 aromatic rings. The van der Waals surface area contributed by atoms with Crippen molar-refractivity contribution in [3.05, 3.63) is 23.8 Å². The maximum Gasteiger partial charge on any atom is 0.161 e. The van der Waals surface area contributed by atoms with Gasteiger partial charge in [0.05, 0.1) is 14.2 Å². The Balaban J connectivity index is 2.09. The Morgan fingerprint density at radius 3 is 2.53 bits per heavy atom. The van der Waals surface area contributed by atoms with E-state index in [0.29, 0.717) is 6.04 Å². The molecule has 1 N–H and O–H groups in total. The minimum atomic E-state index is 0.422. The van der Waals surface area contributed by atoms with Gasteiger partial charge in [0.1, 0.15) is 0 Å². The van der Waals surface area contributed by atoms with Crippen LogP contribution >= 0.6 is 0 Å². The molecule has 0 saturated heterocycles. The van der Waals surface area contributed by atoms with Crippen molar-refractivity contribution < 1.29 is 9.47 Å². The van der Waals surface area contributed by atoms with E-state index in [1.165, 1.54) is 31.2 Å². The lowest BCUT2D eigenvalue weighted by Crippen LogP contribution is -2.21. The molecule has 1 fully saturated rings. The van der Waals surface area contributed by atoms with Crippen molar-refractivity contribution in [3.8, 4) is 11.5 Å². The van der Waals surface area contributed by atoms with Crippen LogP contribution in [0.3, 0.4) is 0 Å². The van der Waals surface area contributed by atoms with Gasteiger partial charge in [0.2, 0.25) is 0 Å². The largest absolute Gasteiger partial charge is 0.493 e. The molecule has 1 saturated carbocycles. The first-order chi connectivity index (χ1) is 9.28. The van der Waals surface area contributed by atoms with E-state index in [2.05, 4.69) is 24.4 Å². The summed E-state index contributed by atoms with van der Waals surface area (Å²) in [7, 11) is 3.36. The van der Waals surface area contributed by atoms with Crippen LogP contribution < -0.4 is 14.8 Å². The highest BCUT2D eigenvalue weighted by Crippen LogP contribution is 2.37. The maximum atomic E-state index is 5.39. The van der Waals surface area contributed by atoms with Crippen LogP contribution in [0.25, 0.3) is 0 Å². The number of hydrogen-bond donors (Lipinski definition) is 1. The minimum Gasteiger partial charge on any atom is -0.493 e. The number of nitrogens with one attached hydrogen (secondary N) is 1. The van der Waals surface area contributed by atoms with Crippen molar-refractivity contribution in [2.24, 2.45) is 5.92 Å². The molecule has 0 heterocycles. The van der Waals surface area contributed by atoms with E-state index in [4.69, 9.17) is 9.47 Å². The van der Waals surface area contributed by atoms with Crippen molar-refractivity contribution in [2.75, 3.05) is 20.8 Å². The zero-order valence-corrected chi connectivity index (χ0v) is 12.2. The van der Waals surface area contributed by atoms with Crippen LogP contribution in [0.1, 0.15) is 44.2 Å². The summed E-state index contributed by atoms with van der Waals surface area (Å²) in [5.74, 6) is 2.58. The molecular formula is C16H25NO2. The van der Waals surface area contributed by atoms with Gasteiger partial charge in [0, 0.05) is 6.04 Å². The zero-order chi connectivity index (χ0) is 13.7. The third-order valence-electron chi connectivity index (χ3n) is 3.82. The average molecular weight is 263 g/mol. The first-order valence-corrected chi connectivity index (χ1v) is 7.23. The molecule has 0 bridgehead atoms. The molecule has 1 aliphatic carbocycles. The molecule has 1 atom stereocenters. The molecule has 2 rings (SSSR count). The number of ether oxygens (including phenoxy) is 2. The molecule has 1 unspecified atom stereocenters. The minimum absolute atomic E-state index is 0.422. The van der Waals surface area contributed by atoms with Crippen LogP contribution in [-0.2, 0) is 0 Å². The molecule has 3 heteroatoms. The number of hydrogen-bond acceptors (Lipinski definition) is 3. The van der Waals surface area contributed by atoms with E-state index in [0.717, 1.165) is 24.0 Å². The van der Waals surface area contributed by atoms with Crippen molar-refractivity contribution in [2.45, 2.75) is 38.6 Å². The molecule has 1 aliphatic rings. The smallest absolute Gasteiger partial charge is 0.161 e. The van der Waals surface area contributed by atoms with Gasteiger partial charge in [-0.15, -0.1) is 0 Å². The Morgan fingerprint density at radius 2 is 1.95 bits per heavy atom. The quantitative estimate of drug-likeness (QED) is 0.778.